The number of hydrogen-bond donors (Lipinski definition) is 0. The molecule has 0 amide bonds. The van der Waals surface area contributed by atoms with E-state index in [0.717, 1.165) is 6.08 Å². The van der Waals surface area contributed by atoms with Crippen molar-refractivity contribution in [3.8, 4) is 0 Å². The van der Waals surface area contributed by atoms with Gasteiger partial charge in [0, 0.05) is 6.42 Å². The van der Waals surface area contributed by atoms with Crippen LogP contribution < -0.4 is 0 Å². The summed E-state index contributed by atoms with van der Waals surface area (Å²) < 4.78 is 46.1. The lowest BCUT2D eigenvalue weighted by molar-refractivity contribution is -0.137. The van der Waals surface area contributed by atoms with Gasteiger partial charge >= 0.3 is 6.18 Å². The Kier molecular flexibility index (Phi) is 3.39. The van der Waals surface area contributed by atoms with Crippen molar-refractivity contribution in [1.82, 2.24) is 0 Å². The van der Waals surface area contributed by atoms with Gasteiger partial charge in [0.05, 0.1) is 0 Å². The van der Waals surface area contributed by atoms with Gasteiger partial charge in [0.2, 0.25) is 0 Å². The summed E-state index contributed by atoms with van der Waals surface area (Å²) in [7, 11) is 0. The SMILES string of the molecule is C=CC(F)CCC(F)(F)F. The third kappa shape index (κ3) is 5.59. The van der Waals surface area contributed by atoms with E-state index >= 15 is 0 Å². The fraction of sp³-hybridized carbons (Fsp3) is 0.667. The quantitative estimate of drug-likeness (QED) is 0.435. The largest absolute Gasteiger partial charge is 0.389 e. The zero-order valence-corrected chi connectivity index (χ0v) is 5.29. The first-order chi connectivity index (χ1) is 4.45. The van der Waals surface area contributed by atoms with E-state index in [9.17, 15) is 17.6 Å². The van der Waals surface area contributed by atoms with Crippen molar-refractivity contribution in [1.29, 1.82) is 0 Å². The van der Waals surface area contributed by atoms with Crippen molar-refractivity contribution in [2.24, 2.45) is 0 Å². The van der Waals surface area contributed by atoms with Crippen LogP contribution in [0.2, 0.25) is 0 Å². The first kappa shape index (κ1) is 9.46. The summed E-state index contributed by atoms with van der Waals surface area (Å²) in [6.07, 6.45) is -6.53. The van der Waals surface area contributed by atoms with Crippen molar-refractivity contribution in [2.75, 3.05) is 0 Å². The molecule has 0 saturated carbocycles. The topological polar surface area (TPSA) is 0 Å². The molecule has 0 aromatic heterocycles. The van der Waals surface area contributed by atoms with Crippen LogP contribution in [0.3, 0.4) is 0 Å². The molecular formula is C6H8F4. The minimum Gasteiger partial charge on any atom is -0.243 e. The maximum absolute atomic E-state index is 12.0. The van der Waals surface area contributed by atoms with Crippen LogP contribution in [0, 0.1) is 0 Å². The molecule has 0 aliphatic heterocycles. The molecule has 0 radical (unpaired) electrons. The molecule has 0 aromatic carbocycles. The summed E-state index contributed by atoms with van der Waals surface area (Å²) >= 11 is 0. The summed E-state index contributed by atoms with van der Waals surface area (Å²) in [4.78, 5) is 0. The van der Waals surface area contributed by atoms with Gasteiger partial charge in [0.25, 0.3) is 0 Å². The standard InChI is InChI=1S/C6H8F4/c1-2-5(7)3-4-6(8,9)10/h2,5H,1,3-4H2. The highest BCUT2D eigenvalue weighted by Gasteiger charge is 2.27. The predicted molar refractivity (Wildman–Crippen MR) is 30.4 cm³/mol. The molecule has 10 heavy (non-hydrogen) atoms. The first-order valence-electron chi connectivity index (χ1n) is 2.79. The van der Waals surface area contributed by atoms with Crippen LogP contribution in [-0.4, -0.2) is 12.3 Å². The molecule has 0 aliphatic rings. The minimum absolute atomic E-state index is 0.521. The molecule has 1 unspecified atom stereocenters. The maximum atomic E-state index is 12.0. The molecule has 0 aromatic rings. The lowest BCUT2D eigenvalue weighted by Crippen LogP contribution is -2.09. The van der Waals surface area contributed by atoms with Gasteiger partial charge < -0.3 is 0 Å². The lowest BCUT2D eigenvalue weighted by atomic mass is 10.2. The van der Waals surface area contributed by atoms with E-state index in [1.165, 1.54) is 0 Å². The molecule has 0 N–H and O–H groups in total. The van der Waals surface area contributed by atoms with E-state index in [2.05, 4.69) is 6.58 Å². The zero-order chi connectivity index (χ0) is 8.20. The monoisotopic (exact) mass is 156 g/mol. The van der Waals surface area contributed by atoms with Crippen molar-refractivity contribution < 1.29 is 17.6 Å². The number of allylic oxidation sites excluding steroid dienone is 1. The number of alkyl halides is 4. The molecular weight excluding hydrogens is 148 g/mol. The van der Waals surface area contributed by atoms with Gasteiger partial charge in [-0.1, -0.05) is 6.08 Å². The Labute approximate surface area is 56.5 Å². The third-order valence-corrected chi connectivity index (χ3v) is 0.959. The second kappa shape index (κ2) is 3.58. The molecule has 0 aliphatic carbocycles. The van der Waals surface area contributed by atoms with Crippen LogP contribution in [-0.2, 0) is 0 Å². The van der Waals surface area contributed by atoms with E-state index in [1.807, 2.05) is 0 Å². The van der Waals surface area contributed by atoms with Crippen molar-refractivity contribution in [3.05, 3.63) is 12.7 Å². The van der Waals surface area contributed by atoms with Crippen LogP contribution in [0.25, 0.3) is 0 Å². The average Bonchev–Trinajstić information content (AvgIpc) is 1.81. The van der Waals surface area contributed by atoms with E-state index in [4.69, 9.17) is 0 Å². The zero-order valence-electron chi connectivity index (χ0n) is 5.29. The van der Waals surface area contributed by atoms with E-state index in [0.29, 0.717) is 0 Å². The fourth-order valence-electron chi connectivity index (χ4n) is 0.419. The highest BCUT2D eigenvalue weighted by Crippen LogP contribution is 2.23. The lowest BCUT2D eigenvalue weighted by Gasteiger charge is -2.05. The van der Waals surface area contributed by atoms with Crippen molar-refractivity contribution in [2.45, 2.75) is 25.2 Å². The second-order valence-corrected chi connectivity index (χ2v) is 1.91. The third-order valence-electron chi connectivity index (χ3n) is 0.959. The normalized spacial score (nSPS) is 14.8. The van der Waals surface area contributed by atoms with E-state index in [-0.39, 0.29) is 0 Å². The highest BCUT2D eigenvalue weighted by atomic mass is 19.4. The Hall–Kier alpha value is -0.540. The summed E-state index contributed by atoms with van der Waals surface area (Å²) in [6, 6.07) is 0. The Bertz CT molecular complexity index is 105. The van der Waals surface area contributed by atoms with Gasteiger partial charge in [-0.25, -0.2) is 4.39 Å². The van der Waals surface area contributed by atoms with Gasteiger partial charge in [-0.2, -0.15) is 13.2 Å². The molecule has 0 spiro atoms. The van der Waals surface area contributed by atoms with Crippen LogP contribution >= 0.6 is 0 Å². The second-order valence-electron chi connectivity index (χ2n) is 1.91. The highest BCUT2D eigenvalue weighted by molar-refractivity contribution is 4.78. The van der Waals surface area contributed by atoms with Crippen LogP contribution in [0.1, 0.15) is 12.8 Å². The fourth-order valence-corrected chi connectivity index (χ4v) is 0.419. The summed E-state index contributed by atoms with van der Waals surface area (Å²) in [5.41, 5.74) is 0. The van der Waals surface area contributed by atoms with Crippen molar-refractivity contribution >= 4 is 0 Å². The van der Waals surface area contributed by atoms with Gasteiger partial charge in [0.1, 0.15) is 6.17 Å². The molecule has 1 atom stereocenters. The molecule has 0 bridgehead atoms. The van der Waals surface area contributed by atoms with Gasteiger partial charge in [0.15, 0.2) is 0 Å². The van der Waals surface area contributed by atoms with Crippen LogP contribution in [0.5, 0.6) is 0 Å². The van der Waals surface area contributed by atoms with Gasteiger partial charge in [-0.3, -0.25) is 0 Å². The Morgan fingerprint density at radius 1 is 1.40 bits per heavy atom. The van der Waals surface area contributed by atoms with Gasteiger partial charge in [-0.15, -0.1) is 6.58 Å². The average molecular weight is 156 g/mol. The maximum Gasteiger partial charge on any atom is 0.389 e. The van der Waals surface area contributed by atoms with Crippen molar-refractivity contribution in [3.63, 3.8) is 0 Å². The molecule has 0 nitrogen and oxygen atoms in total. The summed E-state index contributed by atoms with van der Waals surface area (Å²) in [6.45, 7) is 3.02. The summed E-state index contributed by atoms with van der Waals surface area (Å²) in [5, 5.41) is 0. The van der Waals surface area contributed by atoms with E-state index < -0.39 is 25.2 Å². The number of halogens is 4. The molecule has 4 heteroatoms. The Morgan fingerprint density at radius 3 is 2.20 bits per heavy atom. The van der Waals surface area contributed by atoms with Crippen LogP contribution in [0.15, 0.2) is 12.7 Å². The summed E-state index contributed by atoms with van der Waals surface area (Å²) in [5.74, 6) is 0. The minimum atomic E-state index is -4.26. The number of rotatable bonds is 3. The molecule has 60 valence electrons. The Morgan fingerprint density at radius 2 is 1.90 bits per heavy atom. The van der Waals surface area contributed by atoms with E-state index in [1.54, 1.807) is 0 Å². The molecule has 0 saturated heterocycles. The predicted octanol–water partition coefficient (Wildman–Crippen LogP) is 2.85. The molecule has 0 heterocycles. The Balaban J connectivity index is 3.45. The first-order valence-corrected chi connectivity index (χ1v) is 2.79. The smallest absolute Gasteiger partial charge is 0.243 e. The molecule has 0 rings (SSSR count). The van der Waals surface area contributed by atoms with Crippen LogP contribution in [0.4, 0.5) is 17.6 Å². The molecule has 0 fully saturated rings. The number of hydrogen-bond acceptors (Lipinski definition) is 0. The van der Waals surface area contributed by atoms with Gasteiger partial charge in [-0.05, 0) is 6.42 Å².